The first-order valence-corrected chi connectivity index (χ1v) is 5.50. The Morgan fingerprint density at radius 2 is 2.21 bits per heavy atom. The fraction of sp³-hybridized carbons (Fsp3) is 0.300. The van der Waals surface area contributed by atoms with Gasteiger partial charge in [-0.25, -0.2) is 4.39 Å². The standard InChI is InChI=1S/C10H13FN2S/c1-2-14-6-7-3-8(10(12)13)5-9(11)4-7/h3-5H,2,6H2,1H3,(H3,12,13). The van der Waals surface area contributed by atoms with Crippen LogP contribution in [-0.4, -0.2) is 11.6 Å². The van der Waals surface area contributed by atoms with Gasteiger partial charge < -0.3 is 5.73 Å². The smallest absolute Gasteiger partial charge is 0.124 e. The van der Waals surface area contributed by atoms with Crippen molar-refractivity contribution in [3.8, 4) is 0 Å². The van der Waals surface area contributed by atoms with E-state index in [1.807, 2.05) is 0 Å². The van der Waals surface area contributed by atoms with Gasteiger partial charge in [0.2, 0.25) is 0 Å². The molecular weight excluding hydrogens is 199 g/mol. The number of amidine groups is 1. The quantitative estimate of drug-likeness (QED) is 0.594. The van der Waals surface area contributed by atoms with E-state index in [1.54, 1.807) is 17.8 Å². The topological polar surface area (TPSA) is 49.9 Å². The summed E-state index contributed by atoms with van der Waals surface area (Å²) >= 11 is 1.71. The molecule has 0 amide bonds. The van der Waals surface area contributed by atoms with E-state index in [2.05, 4.69) is 6.92 Å². The molecule has 0 radical (unpaired) electrons. The minimum Gasteiger partial charge on any atom is -0.384 e. The largest absolute Gasteiger partial charge is 0.384 e. The first kappa shape index (κ1) is 11.0. The van der Waals surface area contributed by atoms with Crippen molar-refractivity contribution in [1.29, 1.82) is 5.41 Å². The Bertz CT molecular complexity index is 339. The van der Waals surface area contributed by atoms with Gasteiger partial charge in [0.05, 0.1) is 0 Å². The monoisotopic (exact) mass is 212 g/mol. The maximum atomic E-state index is 13.1. The zero-order valence-electron chi connectivity index (χ0n) is 8.01. The molecule has 0 fully saturated rings. The predicted octanol–water partition coefficient (Wildman–Crippen LogP) is 2.36. The number of nitrogen functional groups attached to an aromatic ring is 1. The number of hydrogen-bond acceptors (Lipinski definition) is 2. The second-order valence-electron chi connectivity index (χ2n) is 2.90. The second kappa shape index (κ2) is 5.00. The van der Waals surface area contributed by atoms with Crippen LogP contribution in [-0.2, 0) is 5.75 Å². The SMILES string of the molecule is CCSCc1cc(F)cc(C(=N)N)c1. The molecule has 76 valence electrons. The molecule has 4 heteroatoms. The average Bonchev–Trinajstić information content (AvgIpc) is 2.14. The van der Waals surface area contributed by atoms with E-state index in [9.17, 15) is 4.39 Å². The van der Waals surface area contributed by atoms with Crippen molar-refractivity contribution in [3.05, 3.63) is 35.1 Å². The van der Waals surface area contributed by atoms with Gasteiger partial charge in [-0.1, -0.05) is 6.92 Å². The van der Waals surface area contributed by atoms with E-state index < -0.39 is 0 Å². The Balaban J connectivity index is 2.89. The van der Waals surface area contributed by atoms with Crippen molar-refractivity contribution in [3.63, 3.8) is 0 Å². The third-order valence-corrected chi connectivity index (χ3v) is 2.69. The van der Waals surface area contributed by atoms with E-state index in [0.717, 1.165) is 17.1 Å². The molecule has 0 aliphatic rings. The van der Waals surface area contributed by atoms with Gasteiger partial charge in [0.1, 0.15) is 11.7 Å². The molecule has 14 heavy (non-hydrogen) atoms. The van der Waals surface area contributed by atoms with Crippen LogP contribution in [0.5, 0.6) is 0 Å². The van der Waals surface area contributed by atoms with Gasteiger partial charge >= 0.3 is 0 Å². The molecule has 3 N–H and O–H groups in total. The minimum absolute atomic E-state index is 0.0905. The Hall–Kier alpha value is -1.03. The zero-order valence-corrected chi connectivity index (χ0v) is 8.83. The first-order chi connectivity index (χ1) is 6.63. The van der Waals surface area contributed by atoms with Crippen LogP contribution in [0.2, 0.25) is 0 Å². The average molecular weight is 212 g/mol. The molecule has 0 heterocycles. The lowest BCUT2D eigenvalue weighted by molar-refractivity contribution is 0.626. The summed E-state index contributed by atoms with van der Waals surface area (Å²) in [6.07, 6.45) is 0. The molecule has 0 atom stereocenters. The number of halogens is 1. The van der Waals surface area contributed by atoms with Crippen molar-refractivity contribution < 1.29 is 4.39 Å². The van der Waals surface area contributed by atoms with Crippen molar-refractivity contribution in [2.24, 2.45) is 5.73 Å². The highest BCUT2D eigenvalue weighted by Crippen LogP contribution is 2.15. The van der Waals surface area contributed by atoms with Crippen LogP contribution in [0.25, 0.3) is 0 Å². The van der Waals surface area contributed by atoms with Crippen LogP contribution >= 0.6 is 11.8 Å². The maximum absolute atomic E-state index is 13.1. The second-order valence-corrected chi connectivity index (χ2v) is 4.17. The lowest BCUT2D eigenvalue weighted by atomic mass is 10.1. The molecular formula is C10H13FN2S. The van der Waals surface area contributed by atoms with Crippen molar-refractivity contribution in [1.82, 2.24) is 0 Å². The Kier molecular flexibility index (Phi) is 3.95. The van der Waals surface area contributed by atoms with Crippen LogP contribution in [0.3, 0.4) is 0 Å². The lowest BCUT2D eigenvalue weighted by Gasteiger charge is -2.04. The molecule has 0 aliphatic heterocycles. The number of nitrogens with one attached hydrogen (secondary N) is 1. The van der Waals surface area contributed by atoms with Gasteiger partial charge in [0, 0.05) is 11.3 Å². The van der Waals surface area contributed by atoms with Gasteiger partial charge in [-0.3, -0.25) is 5.41 Å². The van der Waals surface area contributed by atoms with Crippen molar-refractivity contribution in [2.45, 2.75) is 12.7 Å². The molecule has 0 saturated carbocycles. The molecule has 0 unspecified atom stereocenters. The van der Waals surface area contributed by atoms with E-state index in [4.69, 9.17) is 11.1 Å². The Morgan fingerprint density at radius 1 is 1.50 bits per heavy atom. The van der Waals surface area contributed by atoms with E-state index in [0.29, 0.717) is 5.56 Å². The Labute approximate surface area is 87.2 Å². The third-order valence-electron chi connectivity index (χ3n) is 1.74. The van der Waals surface area contributed by atoms with E-state index in [-0.39, 0.29) is 11.7 Å². The zero-order chi connectivity index (χ0) is 10.6. The number of nitrogens with two attached hydrogens (primary N) is 1. The number of rotatable bonds is 4. The summed E-state index contributed by atoms with van der Waals surface area (Å²) in [7, 11) is 0. The van der Waals surface area contributed by atoms with Gasteiger partial charge in [0.25, 0.3) is 0 Å². The molecule has 1 rings (SSSR count). The van der Waals surface area contributed by atoms with Crippen LogP contribution in [0.15, 0.2) is 18.2 Å². The normalized spacial score (nSPS) is 10.1. The summed E-state index contributed by atoms with van der Waals surface area (Å²) in [6.45, 7) is 2.05. The van der Waals surface area contributed by atoms with Crippen LogP contribution < -0.4 is 5.73 Å². The van der Waals surface area contributed by atoms with Crippen molar-refractivity contribution in [2.75, 3.05) is 5.75 Å². The molecule has 0 spiro atoms. The summed E-state index contributed by atoms with van der Waals surface area (Å²) < 4.78 is 13.1. The lowest BCUT2D eigenvalue weighted by Crippen LogP contribution is -2.11. The van der Waals surface area contributed by atoms with E-state index in [1.165, 1.54) is 12.1 Å². The summed E-state index contributed by atoms with van der Waals surface area (Å²) in [5, 5.41) is 7.21. The fourth-order valence-corrected chi connectivity index (χ4v) is 1.72. The highest BCUT2D eigenvalue weighted by Gasteiger charge is 2.02. The first-order valence-electron chi connectivity index (χ1n) is 4.35. The molecule has 0 aromatic heterocycles. The van der Waals surface area contributed by atoms with Gasteiger partial charge in [-0.2, -0.15) is 11.8 Å². The number of benzene rings is 1. The highest BCUT2D eigenvalue weighted by molar-refractivity contribution is 7.98. The van der Waals surface area contributed by atoms with Crippen molar-refractivity contribution >= 4 is 17.6 Å². The number of thioether (sulfide) groups is 1. The molecule has 1 aromatic rings. The molecule has 1 aromatic carbocycles. The van der Waals surface area contributed by atoms with Crippen LogP contribution in [0, 0.1) is 11.2 Å². The highest BCUT2D eigenvalue weighted by atomic mass is 32.2. The summed E-state index contributed by atoms with van der Waals surface area (Å²) in [6, 6.07) is 4.52. The van der Waals surface area contributed by atoms with Crippen LogP contribution in [0.4, 0.5) is 4.39 Å². The summed E-state index contributed by atoms with van der Waals surface area (Å²) in [4.78, 5) is 0. The summed E-state index contributed by atoms with van der Waals surface area (Å²) in [5.41, 5.74) is 6.62. The Morgan fingerprint density at radius 3 is 2.79 bits per heavy atom. The molecule has 0 bridgehead atoms. The van der Waals surface area contributed by atoms with Crippen LogP contribution in [0.1, 0.15) is 18.1 Å². The number of hydrogen-bond donors (Lipinski definition) is 2. The maximum Gasteiger partial charge on any atom is 0.124 e. The van der Waals surface area contributed by atoms with Gasteiger partial charge in [-0.05, 0) is 29.5 Å². The fourth-order valence-electron chi connectivity index (χ4n) is 1.11. The molecule has 2 nitrogen and oxygen atoms in total. The molecule has 0 saturated heterocycles. The third kappa shape index (κ3) is 3.03. The minimum atomic E-state index is -0.329. The van der Waals surface area contributed by atoms with Gasteiger partial charge in [0.15, 0.2) is 0 Å². The predicted molar refractivity (Wildman–Crippen MR) is 59.3 cm³/mol. The van der Waals surface area contributed by atoms with E-state index >= 15 is 0 Å². The summed E-state index contributed by atoms with van der Waals surface area (Å²) in [5.74, 6) is 1.33. The van der Waals surface area contributed by atoms with Gasteiger partial charge in [-0.15, -0.1) is 0 Å². The molecule has 0 aliphatic carbocycles.